The van der Waals surface area contributed by atoms with Crippen LogP contribution < -0.4 is 10.1 Å². The van der Waals surface area contributed by atoms with E-state index in [9.17, 15) is 8.78 Å². The minimum absolute atomic E-state index is 0.0666. The summed E-state index contributed by atoms with van der Waals surface area (Å²) in [5.41, 5.74) is -0.0666. The number of hydrogen-bond donors (Lipinski definition) is 1. The summed E-state index contributed by atoms with van der Waals surface area (Å²) in [6, 6.07) is 3.03. The predicted molar refractivity (Wildman–Crippen MR) is 63.2 cm³/mol. The summed E-state index contributed by atoms with van der Waals surface area (Å²) in [6.45, 7) is 0. The van der Waals surface area contributed by atoms with Crippen LogP contribution in [0.4, 0.5) is 20.3 Å². The summed E-state index contributed by atoms with van der Waals surface area (Å²) >= 11 is 5.78. The smallest absolute Gasteiger partial charge is 0.199 e. The highest BCUT2D eigenvalue weighted by Gasteiger charge is 2.12. The zero-order valence-corrected chi connectivity index (χ0v) is 10.0. The maximum Gasteiger partial charge on any atom is 0.199 e. The van der Waals surface area contributed by atoms with Crippen molar-refractivity contribution in [3.8, 4) is 5.75 Å². The van der Waals surface area contributed by atoms with Crippen LogP contribution in [0.1, 0.15) is 0 Å². The van der Waals surface area contributed by atoms with Crippen molar-refractivity contribution in [2.45, 2.75) is 0 Å². The molecule has 0 unspecified atom stereocenters. The lowest BCUT2D eigenvalue weighted by atomic mass is 10.3. The Morgan fingerprint density at radius 2 is 2.06 bits per heavy atom. The molecular weight excluding hydrogens is 264 g/mol. The lowest BCUT2D eigenvalue weighted by Gasteiger charge is -2.11. The van der Waals surface area contributed by atoms with E-state index in [4.69, 9.17) is 16.3 Å². The molecule has 7 heteroatoms. The Morgan fingerprint density at radius 1 is 1.28 bits per heavy atom. The molecule has 1 aromatic carbocycles. The van der Waals surface area contributed by atoms with Gasteiger partial charge in [-0.3, -0.25) is 0 Å². The number of nitrogens with one attached hydrogen (secondary N) is 1. The van der Waals surface area contributed by atoms with Crippen LogP contribution in [0, 0.1) is 11.6 Å². The van der Waals surface area contributed by atoms with Gasteiger partial charge in [0.1, 0.15) is 18.0 Å². The number of ether oxygens (including phenoxy) is 1. The first-order valence-electron chi connectivity index (χ1n) is 4.88. The monoisotopic (exact) mass is 271 g/mol. The third kappa shape index (κ3) is 2.48. The van der Waals surface area contributed by atoms with E-state index in [-0.39, 0.29) is 22.4 Å². The summed E-state index contributed by atoms with van der Waals surface area (Å²) in [4.78, 5) is 7.57. The van der Waals surface area contributed by atoms with Gasteiger partial charge in [0.05, 0.1) is 12.8 Å². The normalized spacial score (nSPS) is 10.2. The minimum Gasteiger partial charge on any atom is -0.490 e. The van der Waals surface area contributed by atoms with E-state index in [1.54, 1.807) is 0 Å². The molecule has 0 spiro atoms. The molecule has 0 atom stereocenters. The first-order chi connectivity index (χ1) is 8.61. The number of nitrogens with zero attached hydrogens (tertiary/aromatic N) is 2. The molecule has 0 aliphatic carbocycles. The van der Waals surface area contributed by atoms with Gasteiger partial charge in [-0.1, -0.05) is 11.6 Å². The molecule has 0 aliphatic rings. The molecular formula is C11H8ClF2N3O. The first kappa shape index (κ1) is 12.5. The van der Waals surface area contributed by atoms with Crippen molar-refractivity contribution in [2.24, 2.45) is 0 Å². The van der Waals surface area contributed by atoms with Gasteiger partial charge in [0.25, 0.3) is 0 Å². The van der Waals surface area contributed by atoms with Crippen LogP contribution in [0.15, 0.2) is 24.5 Å². The van der Waals surface area contributed by atoms with Crippen molar-refractivity contribution in [3.63, 3.8) is 0 Å². The van der Waals surface area contributed by atoms with E-state index in [0.717, 1.165) is 18.2 Å². The summed E-state index contributed by atoms with van der Waals surface area (Å²) < 4.78 is 31.4. The first-order valence-corrected chi connectivity index (χ1v) is 5.26. The zero-order chi connectivity index (χ0) is 13.1. The highest BCUT2D eigenvalue weighted by Crippen LogP contribution is 2.31. The lowest BCUT2D eigenvalue weighted by Crippen LogP contribution is -2.01. The molecule has 0 fully saturated rings. The molecule has 0 bridgehead atoms. The summed E-state index contributed by atoms with van der Waals surface area (Å²) in [7, 11) is 1.37. The summed E-state index contributed by atoms with van der Waals surface area (Å²) in [5, 5.41) is 2.67. The molecule has 1 heterocycles. The molecule has 0 radical (unpaired) electrons. The van der Waals surface area contributed by atoms with Crippen LogP contribution >= 0.6 is 11.6 Å². The van der Waals surface area contributed by atoms with Crippen LogP contribution in [0.2, 0.25) is 5.15 Å². The van der Waals surface area contributed by atoms with Gasteiger partial charge in [-0.15, -0.1) is 0 Å². The third-order valence-corrected chi connectivity index (χ3v) is 2.42. The number of methoxy groups -OCH3 is 1. The van der Waals surface area contributed by atoms with Crippen molar-refractivity contribution in [1.29, 1.82) is 0 Å². The van der Waals surface area contributed by atoms with Gasteiger partial charge in [0, 0.05) is 6.07 Å². The van der Waals surface area contributed by atoms with E-state index >= 15 is 0 Å². The number of anilines is 2. The fourth-order valence-electron chi connectivity index (χ4n) is 1.34. The number of halogens is 3. The van der Waals surface area contributed by atoms with Gasteiger partial charge in [-0.2, -0.15) is 0 Å². The minimum atomic E-state index is -0.617. The Labute approximate surface area is 107 Å². The number of rotatable bonds is 3. The van der Waals surface area contributed by atoms with Crippen molar-refractivity contribution in [3.05, 3.63) is 41.3 Å². The quantitative estimate of drug-likeness (QED) is 0.871. The molecule has 1 aromatic heterocycles. The van der Waals surface area contributed by atoms with Gasteiger partial charge in [0.2, 0.25) is 0 Å². The molecule has 0 aliphatic heterocycles. The van der Waals surface area contributed by atoms with Gasteiger partial charge in [0.15, 0.2) is 16.7 Å². The van der Waals surface area contributed by atoms with Crippen molar-refractivity contribution in [2.75, 3.05) is 12.4 Å². The maximum absolute atomic E-state index is 13.4. The van der Waals surface area contributed by atoms with Crippen LogP contribution in [-0.4, -0.2) is 17.1 Å². The van der Waals surface area contributed by atoms with E-state index < -0.39 is 11.6 Å². The Balaban J connectivity index is 2.40. The van der Waals surface area contributed by atoms with E-state index in [2.05, 4.69) is 15.3 Å². The summed E-state index contributed by atoms with van der Waals surface area (Å²) in [5.74, 6) is -0.879. The molecule has 2 rings (SSSR count). The fraction of sp³-hybridized carbons (Fsp3) is 0.0909. The molecule has 2 aromatic rings. The van der Waals surface area contributed by atoms with Crippen LogP contribution in [0.5, 0.6) is 5.75 Å². The zero-order valence-electron chi connectivity index (χ0n) is 9.25. The maximum atomic E-state index is 13.4. The Kier molecular flexibility index (Phi) is 3.57. The molecule has 94 valence electrons. The molecule has 0 saturated heterocycles. The third-order valence-electron chi connectivity index (χ3n) is 2.15. The van der Waals surface area contributed by atoms with Gasteiger partial charge < -0.3 is 10.1 Å². The molecule has 1 N–H and O–H groups in total. The van der Waals surface area contributed by atoms with Crippen LogP contribution in [0.3, 0.4) is 0 Å². The Bertz CT molecular complexity index is 580. The SMILES string of the molecule is COc1c(Cl)ncnc1Nc1cc(F)ccc1F. The second-order valence-electron chi connectivity index (χ2n) is 3.30. The number of benzene rings is 1. The lowest BCUT2D eigenvalue weighted by molar-refractivity contribution is 0.413. The second kappa shape index (κ2) is 5.14. The van der Waals surface area contributed by atoms with E-state index in [1.807, 2.05) is 0 Å². The molecule has 0 amide bonds. The number of aromatic nitrogens is 2. The standard InChI is InChI=1S/C11H8ClF2N3O/c1-18-9-10(12)15-5-16-11(9)17-8-4-6(13)2-3-7(8)14/h2-5H,1H3,(H,15,16,17). The molecule has 18 heavy (non-hydrogen) atoms. The molecule has 4 nitrogen and oxygen atoms in total. The Hall–Kier alpha value is -1.95. The largest absolute Gasteiger partial charge is 0.490 e. The van der Waals surface area contributed by atoms with E-state index in [0.29, 0.717) is 0 Å². The van der Waals surface area contributed by atoms with Crippen LogP contribution in [0.25, 0.3) is 0 Å². The summed E-state index contributed by atoms with van der Waals surface area (Å²) in [6.07, 6.45) is 1.18. The van der Waals surface area contributed by atoms with Gasteiger partial charge in [-0.05, 0) is 12.1 Å². The number of hydrogen-bond acceptors (Lipinski definition) is 4. The van der Waals surface area contributed by atoms with Crippen molar-refractivity contribution in [1.82, 2.24) is 9.97 Å². The van der Waals surface area contributed by atoms with Gasteiger partial charge >= 0.3 is 0 Å². The second-order valence-corrected chi connectivity index (χ2v) is 3.65. The average Bonchev–Trinajstić information content (AvgIpc) is 2.34. The highest BCUT2D eigenvalue weighted by atomic mass is 35.5. The fourth-order valence-corrected chi connectivity index (χ4v) is 1.55. The van der Waals surface area contributed by atoms with Crippen molar-refractivity contribution >= 4 is 23.1 Å². The van der Waals surface area contributed by atoms with E-state index in [1.165, 1.54) is 13.4 Å². The van der Waals surface area contributed by atoms with Crippen molar-refractivity contribution < 1.29 is 13.5 Å². The van der Waals surface area contributed by atoms with Crippen LogP contribution in [-0.2, 0) is 0 Å². The molecule has 0 saturated carbocycles. The Morgan fingerprint density at radius 3 is 2.78 bits per heavy atom. The highest BCUT2D eigenvalue weighted by molar-refractivity contribution is 6.31. The van der Waals surface area contributed by atoms with Gasteiger partial charge in [-0.25, -0.2) is 18.7 Å². The topological polar surface area (TPSA) is 47.0 Å². The predicted octanol–water partition coefficient (Wildman–Crippen LogP) is 3.16. The average molecular weight is 272 g/mol.